The van der Waals surface area contributed by atoms with E-state index in [0.717, 1.165) is 12.1 Å². The molecule has 1 aromatic rings. The smallest absolute Gasteiger partial charge is 0.406 e. The van der Waals surface area contributed by atoms with E-state index in [4.69, 9.17) is 4.74 Å². The van der Waals surface area contributed by atoms with Crippen molar-refractivity contribution in [3.8, 4) is 5.75 Å². The molecule has 1 aliphatic rings. The number of halogens is 3. The molecular formula is C13H14F3NO4. The number of methoxy groups -OCH3 is 1. The van der Waals surface area contributed by atoms with Crippen LogP contribution < -0.4 is 4.74 Å². The fourth-order valence-corrected chi connectivity index (χ4v) is 2.16. The number of β-amino-alcohol motifs (C(OH)–C–C–N with tert-alkyl or cyclic N) is 1. The molecule has 0 aromatic heterocycles. The molecule has 1 aliphatic heterocycles. The van der Waals surface area contributed by atoms with Gasteiger partial charge in [0, 0.05) is 25.8 Å². The third kappa shape index (κ3) is 3.85. The monoisotopic (exact) mass is 305 g/mol. The van der Waals surface area contributed by atoms with Gasteiger partial charge in [-0.15, -0.1) is 13.2 Å². The highest BCUT2D eigenvalue weighted by Crippen LogP contribution is 2.24. The third-order valence-corrected chi connectivity index (χ3v) is 3.14. The van der Waals surface area contributed by atoms with Crippen molar-refractivity contribution in [3.05, 3.63) is 29.8 Å². The number of nitrogens with zero attached hydrogens (tertiary/aromatic N) is 1. The van der Waals surface area contributed by atoms with Gasteiger partial charge in [-0.1, -0.05) is 6.07 Å². The van der Waals surface area contributed by atoms with E-state index >= 15 is 0 Å². The maximum absolute atomic E-state index is 12.2. The Morgan fingerprint density at radius 2 is 2.10 bits per heavy atom. The average molecular weight is 305 g/mol. The Kier molecular flexibility index (Phi) is 4.38. The van der Waals surface area contributed by atoms with Crippen LogP contribution in [0.4, 0.5) is 13.2 Å². The van der Waals surface area contributed by atoms with E-state index in [1.165, 1.54) is 24.1 Å². The number of hydrogen-bond acceptors (Lipinski definition) is 4. The number of rotatable bonds is 3. The molecule has 0 unspecified atom stereocenters. The van der Waals surface area contributed by atoms with Gasteiger partial charge in [-0.25, -0.2) is 0 Å². The fourth-order valence-electron chi connectivity index (χ4n) is 2.16. The molecule has 116 valence electrons. The van der Waals surface area contributed by atoms with Gasteiger partial charge in [0.25, 0.3) is 5.91 Å². The zero-order valence-corrected chi connectivity index (χ0v) is 11.1. The molecule has 2 rings (SSSR count). The first-order valence-electron chi connectivity index (χ1n) is 6.16. The van der Waals surface area contributed by atoms with E-state index in [2.05, 4.69) is 4.74 Å². The predicted octanol–water partition coefficient (Wildman–Crippen LogP) is 1.42. The number of carbonyl (C=O) groups is 1. The summed E-state index contributed by atoms with van der Waals surface area (Å²) < 4.78 is 45.3. The molecule has 1 amide bonds. The number of amides is 1. The Hall–Kier alpha value is -1.80. The number of ether oxygens (including phenoxy) is 2. The van der Waals surface area contributed by atoms with Gasteiger partial charge >= 0.3 is 6.36 Å². The predicted molar refractivity (Wildman–Crippen MR) is 65.8 cm³/mol. The first-order valence-corrected chi connectivity index (χ1v) is 6.16. The maximum Gasteiger partial charge on any atom is 0.573 e. The van der Waals surface area contributed by atoms with Crippen molar-refractivity contribution in [2.24, 2.45) is 0 Å². The van der Waals surface area contributed by atoms with Crippen LogP contribution in [0.5, 0.6) is 5.75 Å². The Morgan fingerprint density at radius 3 is 2.67 bits per heavy atom. The second kappa shape index (κ2) is 5.90. The lowest BCUT2D eigenvalue weighted by molar-refractivity contribution is -0.274. The number of aliphatic hydroxyl groups excluding tert-OH is 1. The van der Waals surface area contributed by atoms with E-state index in [9.17, 15) is 23.1 Å². The molecule has 0 saturated carbocycles. The molecule has 0 radical (unpaired) electrons. The first kappa shape index (κ1) is 15.6. The van der Waals surface area contributed by atoms with Crippen molar-refractivity contribution in [2.75, 3.05) is 20.2 Å². The van der Waals surface area contributed by atoms with Crippen LogP contribution in [0.3, 0.4) is 0 Å². The van der Waals surface area contributed by atoms with Crippen LogP contribution in [0.25, 0.3) is 0 Å². The highest BCUT2D eigenvalue weighted by molar-refractivity contribution is 5.94. The number of likely N-dealkylation sites (tertiary alicyclic amines) is 1. The van der Waals surface area contributed by atoms with Gasteiger partial charge in [-0.05, 0) is 18.2 Å². The van der Waals surface area contributed by atoms with Crippen LogP contribution in [0.1, 0.15) is 10.4 Å². The lowest BCUT2D eigenvalue weighted by Gasteiger charge is -2.16. The molecule has 0 spiro atoms. The summed E-state index contributed by atoms with van der Waals surface area (Å²) in [6.45, 7) is 0.253. The normalized spacial score (nSPS) is 22.4. The molecule has 1 fully saturated rings. The SMILES string of the molecule is CO[C@H]1CN(C(=O)c2cccc(OC(F)(F)F)c2)C[C@@H]1O. The molecule has 2 atom stereocenters. The van der Waals surface area contributed by atoms with Crippen LogP contribution in [0, 0.1) is 0 Å². The summed E-state index contributed by atoms with van der Waals surface area (Å²) in [6, 6.07) is 4.82. The minimum absolute atomic E-state index is 0.0562. The van der Waals surface area contributed by atoms with Gasteiger partial charge in [0.15, 0.2) is 0 Å². The zero-order valence-electron chi connectivity index (χ0n) is 11.1. The Balaban J connectivity index is 2.11. The first-order chi connectivity index (χ1) is 9.80. The van der Waals surface area contributed by atoms with E-state index in [-0.39, 0.29) is 18.7 Å². The highest BCUT2D eigenvalue weighted by atomic mass is 19.4. The molecule has 1 saturated heterocycles. The lowest BCUT2D eigenvalue weighted by atomic mass is 10.2. The fraction of sp³-hybridized carbons (Fsp3) is 0.462. The lowest BCUT2D eigenvalue weighted by Crippen LogP contribution is -2.30. The summed E-state index contributed by atoms with van der Waals surface area (Å²) in [5, 5.41) is 9.67. The number of alkyl halides is 3. The van der Waals surface area contributed by atoms with Crippen molar-refractivity contribution in [1.29, 1.82) is 0 Å². The average Bonchev–Trinajstić information content (AvgIpc) is 2.77. The Morgan fingerprint density at radius 1 is 1.38 bits per heavy atom. The van der Waals surface area contributed by atoms with Crippen molar-refractivity contribution >= 4 is 5.91 Å². The zero-order chi connectivity index (χ0) is 15.6. The summed E-state index contributed by atoms with van der Waals surface area (Å²) in [4.78, 5) is 13.5. The van der Waals surface area contributed by atoms with Gasteiger partial charge in [0.2, 0.25) is 0 Å². The van der Waals surface area contributed by atoms with Crippen LogP contribution in [0.2, 0.25) is 0 Å². The van der Waals surface area contributed by atoms with Gasteiger partial charge in [0.1, 0.15) is 11.9 Å². The van der Waals surface area contributed by atoms with Gasteiger partial charge < -0.3 is 19.5 Å². The largest absolute Gasteiger partial charge is 0.573 e. The standard InChI is InChI=1S/C13H14F3NO4/c1-20-11-7-17(6-10(11)18)12(19)8-3-2-4-9(5-8)21-13(14,15)16/h2-5,10-11,18H,6-7H2,1H3/t10-,11-/m0/s1. The number of carbonyl (C=O) groups excluding carboxylic acids is 1. The van der Waals surface area contributed by atoms with Gasteiger partial charge in [-0.2, -0.15) is 0 Å². The topological polar surface area (TPSA) is 59.0 Å². The third-order valence-electron chi connectivity index (χ3n) is 3.14. The maximum atomic E-state index is 12.2. The van der Waals surface area contributed by atoms with E-state index in [0.29, 0.717) is 0 Å². The molecule has 1 N–H and O–H groups in total. The molecule has 0 bridgehead atoms. The van der Waals surface area contributed by atoms with Crippen molar-refractivity contribution < 1.29 is 32.5 Å². The summed E-state index contributed by atoms with van der Waals surface area (Å²) in [6.07, 6.45) is -6.12. The van der Waals surface area contributed by atoms with E-state index in [1.807, 2.05) is 0 Å². The second-order valence-electron chi connectivity index (χ2n) is 4.63. The van der Waals surface area contributed by atoms with Crippen LogP contribution in [-0.4, -0.2) is 54.7 Å². The molecule has 8 heteroatoms. The Bertz CT molecular complexity index is 520. The molecular weight excluding hydrogens is 291 g/mol. The summed E-state index contributed by atoms with van der Waals surface area (Å²) in [5.41, 5.74) is 0.0562. The quantitative estimate of drug-likeness (QED) is 0.917. The van der Waals surface area contributed by atoms with Crippen LogP contribution in [-0.2, 0) is 4.74 Å². The van der Waals surface area contributed by atoms with Crippen molar-refractivity contribution in [3.63, 3.8) is 0 Å². The number of benzene rings is 1. The van der Waals surface area contributed by atoms with Crippen LogP contribution >= 0.6 is 0 Å². The minimum Gasteiger partial charge on any atom is -0.406 e. The Labute approximate surface area is 118 Å². The molecule has 21 heavy (non-hydrogen) atoms. The second-order valence-corrected chi connectivity index (χ2v) is 4.63. The molecule has 5 nitrogen and oxygen atoms in total. The number of aliphatic hydroxyl groups is 1. The number of hydrogen-bond donors (Lipinski definition) is 1. The van der Waals surface area contributed by atoms with E-state index in [1.54, 1.807) is 0 Å². The molecule has 1 heterocycles. The van der Waals surface area contributed by atoms with E-state index < -0.39 is 30.2 Å². The summed E-state index contributed by atoms with van der Waals surface area (Å²) in [7, 11) is 1.42. The van der Waals surface area contributed by atoms with Crippen LogP contribution in [0.15, 0.2) is 24.3 Å². The van der Waals surface area contributed by atoms with Gasteiger partial charge in [0.05, 0.1) is 6.10 Å². The molecule has 1 aromatic carbocycles. The van der Waals surface area contributed by atoms with Crippen molar-refractivity contribution in [2.45, 2.75) is 18.6 Å². The summed E-state index contributed by atoms with van der Waals surface area (Å²) >= 11 is 0. The van der Waals surface area contributed by atoms with Gasteiger partial charge in [-0.3, -0.25) is 4.79 Å². The minimum atomic E-state index is -4.81. The summed E-state index contributed by atoms with van der Waals surface area (Å²) in [5.74, 6) is -0.947. The molecule has 0 aliphatic carbocycles. The highest BCUT2D eigenvalue weighted by Gasteiger charge is 2.35. The van der Waals surface area contributed by atoms with Crippen molar-refractivity contribution in [1.82, 2.24) is 4.90 Å².